The van der Waals surface area contributed by atoms with E-state index in [2.05, 4.69) is 15.9 Å². The second-order valence-corrected chi connectivity index (χ2v) is 9.27. The summed E-state index contributed by atoms with van der Waals surface area (Å²) < 4.78 is 29.1. The van der Waals surface area contributed by atoms with Gasteiger partial charge >= 0.3 is 0 Å². The number of hydrogen-bond acceptors (Lipinski definition) is 3. The van der Waals surface area contributed by atoms with Crippen LogP contribution in [0.2, 0.25) is 0 Å². The van der Waals surface area contributed by atoms with Crippen LogP contribution in [0.3, 0.4) is 0 Å². The first-order valence-corrected chi connectivity index (χ1v) is 9.16. The first-order valence-electron chi connectivity index (χ1n) is 5.88. The minimum atomic E-state index is -3.53. The summed E-state index contributed by atoms with van der Waals surface area (Å²) in [5, 5.41) is 0. The molecule has 0 bridgehead atoms. The molecular weight excluding hydrogens is 352 g/mol. The second-order valence-electron chi connectivity index (χ2n) is 5.53. The average Bonchev–Trinajstić information content (AvgIpc) is 2.23. The molecule has 1 rings (SSSR count). The van der Waals surface area contributed by atoms with E-state index in [1.807, 2.05) is 45.0 Å². The molecule has 0 amide bonds. The van der Waals surface area contributed by atoms with E-state index in [-0.39, 0.29) is 17.1 Å². The van der Waals surface area contributed by atoms with Gasteiger partial charge in [-0.3, -0.25) is 0 Å². The molecule has 0 N–H and O–H groups in total. The molecule has 1 aromatic carbocycles. The lowest BCUT2D eigenvalue weighted by Crippen LogP contribution is -2.31. The third-order valence-electron chi connectivity index (χ3n) is 2.89. The molecule has 1 unspecified atom stereocenters. The molecule has 0 heterocycles. The molecule has 0 aromatic heterocycles. The Morgan fingerprint density at radius 2 is 1.79 bits per heavy atom. The van der Waals surface area contributed by atoms with Crippen molar-refractivity contribution in [2.75, 3.05) is 12.4 Å². The van der Waals surface area contributed by atoms with Gasteiger partial charge in [-0.1, -0.05) is 36.7 Å². The predicted molar refractivity (Wildman–Crippen MR) is 82.2 cm³/mol. The van der Waals surface area contributed by atoms with Gasteiger partial charge in [0.2, 0.25) is 9.05 Å². The van der Waals surface area contributed by atoms with Crippen LogP contribution in [0.1, 0.15) is 20.8 Å². The van der Waals surface area contributed by atoms with Gasteiger partial charge in [0.05, 0.1) is 12.4 Å². The summed E-state index contributed by atoms with van der Waals surface area (Å²) in [5.74, 6) is 0.456. The second kappa shape index (κ2) is 6.46. The highest BCUT2D eigenvalue weighted by Crippen LogP contribution is 2.29. The van der Waals surface area contributed by atoms with Crippen LogP contribution < -0.4 is 4.74 Å². The van der Waals surface area contributed by atoms with E-state index in [9.17, 15) is 8.42 Å². The zero-order valence-corrected chi connectivity index (χ0v) is 14.3. The van der Waals surface area contributed by atoms with Gasteiger partial charge in [0.15, 0.2) is 0 Å². The average molecular weight is 370 g/mol. The van der Waals surface area contributed by atoms with Crippen molar-refractivity contribution in [3.05, 3.63) is 28.7 Å². The van der Waals surface area contributed by atoms with Gasteiger partial charge in [-0.2, -0.15) is 0 Å². The van der Waals surface area contributed by atoms with Crippen LogP contribution in [0.15, 0.2) is 28.7 Å². The summed E-state index contributed by atoms with van der Waals surface area (Å²) in [4.78, 5) is 0. The van der Waals surface area contributed by atoms with E-state index in [1.165, 1.54) is 0 Å². The molecule has 0 aliphatic heterocycles. The summed E-state index contributed by atoms with van der Waals surface area (Å²) in [5.41, 5.74) is -0.197. The van der Waals surface area contributed by atoms with Crippen LogP contribution >= 0.6 is 26.6 Å². The maximum atomic E-state index is 11.2. The van der Waals surface area contributed by atoms with Crippen LogP contribution in [-0.2, 0) is 9.05 Å². The number of benzene rings is 1. The van der Waals surface area contributed by atoms with Gasteiger partial charge in [-0.25, -0.2) is 8.42 Å². The predicted octanol–water partition coefficient (Wildman–Crippen LogP) is 4.06. The normalized spacial score (nSPS) is 14.2. The summed E-state index contributed by atoms with van der Waals surface area (Å²) in [6, 6.07) is 7.41. The summed E-state index contributed by atoms with van der Waals surface area (Å²) in [7, 11) is 1.81. The van der Waals surface area contributed by atoms with Crippen molar-refractivity contribution in [3.63, 3.8) is 0 Å². The molecule has 0 spiro atoms. The third kappa shape index (κ3) is 6.63. The zero-order valence-electron chi connectivity index (χ0n) is 11.2. The quantitative estimate of drug-likeness (QED) is 0.735. The number of halogens is 2. The van der Waals surface area contributed by atoms with Crippen molar-refractivity contribution < 1.29 is 13.2 Å². The van der Waals surface area contributed by atoms with Gasteiger partial charge < -0.3 is 4.74 Å². The highest BCUT2D eigenvalue weighted by atomic mass is 79.9. The maximum absolute atomic E-state index is 11.2. The van der Waals surface area contributed by atoms with E-state index in [4.69, 9.17) is 15.4 Å². The van der Waals surface area contributed by atoms with Crippen molar-refractivity contribution in [2.45, 2.75) is 20.8 Å². The van der Waals surface area contributed by atoms with Crippen molar-refractivity contribution in [3.8, 4) is 5.75 Å². The van der Waals surface area contributed by atoms with E-state index in [0.717, 1.165) is 4.47 Å². The Bertz CT molecular complexity index is 506. The molecule has 1 aromatic rings. The molecular formula is C13H18BrClO3S. The molecule has 3 nitrogen and oxygen atoms in total. The first-order chi connectivity index (χ1) is 8.58. The van der Waals surface area contributed by atoms with Gasteiger partial charge in [-0.15, -0.1) is 0 Å². The Kier molecular flexibility index (Phi) is 5.71. The van der Waals surface area contributed by atoms with E-state index in [1.54, 1.807) is 0 Å². The zero-order chi connectivity index (χ0) is 14.7. The Morgan fingerprint density at radius 1 is 1.26 bits per heavy atom. The minimum absolute atomic E-state index is 0.0887. The van der Waals surface area contributed by atoms with E-state index >= 15 is 0 Å². The maximum Gasteiger partial charge on any atom is 0.233 e. The van der Waals surface area contributed by atoms with Crippen molar-refractivity contribution in [1.29, 1.82) is 0 Å². The Hall–Kier alpha value is -0.260. The molecule has 0 aliphatic rings. The fourth-order valence-corrected chi connectivity index (χ4v) is 3.31. The van der Waals surface area contributed by atoms with Crippen molar-refractivity contribution in [2.24, 2.45) is 11.3 Å². The molecule has 0 saturated carbocycles. The number of ether oxygens (including phenoxy) is 1. The van der Waals surface area contributed by atoms with Crippen LogP contribution in [-0.4, -0.2) is 20.8 Å². The summed E-state index contributed by atoms with van der Waals surface area (Å²) in [6.07, 6.45) is 0. The van der Waals surface area contributed by atoms with Gasteiger partial charge in [0.1, 0.15) is 5.75 Å². The van der Waals surface area contributed by atoms with E-state index < -0.39 is 9.05 Å². The topological polar surface area (TPSA) is 43.4 Å². The van der Waals surface area contributed by atoms with Crippen LogP contribution in [0.5, 0.6) is 5.75 Å². The highest BCUT2D eigenvalue weighted by Gasteiger charge is 2.29. The number of rotatable bonds is 5. The standard InChI is InChI=1S/C13H18BrClO3S/c1-13(2,3)10(9-19(15,16)17)8-18-12-6-4-11(14)5-7-12/h4-7,10H,8-9H2,1-3H3. The van der Waals surface area contributed by atoms with Crippen molar-refractivity contribution in [1.82, 2.24) is 0 Å². The molecule has 0 radical (unpaired) electrons. The Balaban J connectivity index is 2.71. The fraction of sp³-hybridized carbons (Fsp3) is 0.538. The fourth-order valence-electron chi connectivity index (χ4n) is 1.52. The molecule has 108 valence electrons. The van der Waals surface area contributed by atoms with Gasteiger partial charge in [0, 0.05) is 21.1 Å². The molecule has 0 saturated heterocycles. The third-order valence-corrected chi connectivity index (χ3v) is 4.60. The molecule has 0 aliphatic carbocycles. The van der Waals surface area contributed by atoms with Crippen molar-refractivity contribution >= 4 is 35.7 Å². The lowest BCUT2D eigenvalue weighted by Gasteiger charge is -2.29. The lowest BCUT2D eigenvalue weighted by molar-refractivity contribution is 0.163. The lowest BCUT2D eigenvalue weighted by atomic mass is 9.82. The summed E-state index contributed by atoms with van der Waals surface area (Å²) >= 11 is 3.34. The Morgan fingerprint density at radius 3 is 2.21 bits per heavy atom. The molecule has 0 fully saturated rings. The summed E-state index contributed by atoms with van der Waals surface area (Å²) in [6.45, 7) is 6.25. The molecule has 19 heavy (non-hydrogen) atoms. The van der Waals surface area contributed by atoms with Gasteiger partial charge in [-0.05, 0) is 29.7 Å². The molecule has 6 heteroatoms. The smallest absolute Gasteiger partial charge is 0.233 e. The number of hydrogen-bond donors (Lipinski definition) is 0. The van der Waals surface area contributed by atoms with E-state index in [0.29, 0.717) is 12.4 Å². The monoisotopic (exact) mass is 368 g/mol. The van der Waals surface area contributed by atoms with Crippen LogP contribution in [0.4, 0.5) is 0 Å². The highest BCUT2D eigenvalue weighted by molar-refractivity contribution is 9.10. The minimum Gasteiger partial charge on any atom is -0.493 e. The van der Waals surface area contributed by atoms with Gasteiger partial charge in [0.25, 0.3) is 0 Å². The van der Waals surface area contributed by atoms with Crippen LogP contribution in [0, 0.1) is 11.3 Å². The largest absolute Gasteiger partial charge is 0.493 e. The Labute approximate surface area is 127 Å². The first kappa shape index (κ1) is 16.8. The van der Waals surface area contributed by atoms with Crippen LogP contribution in [0.25, 0.3) is 0 Å². The SMILES string of the molecule is CC(C)(C)C(COc1ccc(Br)cc1)CS(=O)(=O)Cl. The molecule has 1 atom stereocenters.